The van der Waals surface area contributed by atoms with Crippen LogP contribution in [0, 0.1) is 16.8 Å². The van der Waals surface area contributed by atoms with Crippen molar-refractivity contribution in [2.24, 2.45) is 5.14 Å². The van der Waals surface area contributed by atoms with Crippen molar-refractivity contribution in [2.45, 2.75) is 88.0 Å². The number of nitrogens with zero attached hydrogens (tertiary/aromatic N) is 1. The summed E-state index contributed by atoms with van der Waals surface area (Å²) in [6.07, 6.45) is 6.51. The monoisotopic (exact) mass is 572 g/mol. The number of ether oxygens (including phenoxy) is 1. The number of primary sulfonamides is 1. The Morgan fingerprint density at radius 3 is 2.33 bits per heavy atom. The highest BCUT2D eigenvalue weighted by Crippen LogP contribution is 2.46. The van der Waals surface area contributed by atoms with E-state index in [1.54, 1.807) is 26.0 Å². The average molecular weight is 573 g/mol. The number of aromatic nitrogens is 1. The molecule has 0 bridgehead atoms. The first-order chi connectivity index (χ1) is 18.9. The number of fused-ring (bicyclic) bond motifs is 1. The Morgan fingerprint density at radius 2 is 1.68 bits per heavy atom. The molecule has 40 heavy (non-hydrogen) atoms. The largest absolute Gasteiger partial charge is 0.618 e. The van der Waals surface area contributed by atoms with Gasteiger partial charge in [0.25, 0.3) is 0 Å². The molecule has 0 saturated heterocycles. The number of hydrogen-bond donors (Lipinski definition) is 2. The fraction of sp³-hybridized carbons (Fsp3) is 0.433. The van der Waals surface area contributed by atoms with Crippen molar-refractivity contribution in [3.8, 4) is 22.6 Å². The molecular weight excluding hydrogens is 538 g/mol. The normalized spacial score (nSPS) is 16.6. The van der Waals surface area contributed by atoms with Crippen molar-refractivity contribution in [3.05, 3.63) is 75.8 Å². The van der Waals surface area contributed by atoms with Gasteiger partial charge in [-0.05, 0) is 75.8 Å². The maximum Gasteiger partial charge on any atom is 0.244 e. The van der Waals surface area contributed by atoms with Gasteiger partial charge in [0.15, 0.2) is 22.2 Å². The molecule has 0 radical (unpaired) electrons. The summed E-state index contributed by atoms with van der Waals surface area (Å²) in [5, 5.41) is 30.6. The fourth-order valence-electron chi connectivity index (χ4n) is 6.06. The van der Waals surface area contributed by atoms with Crippen molar-refractivity contribution >= 4 is 10.0 Å². The van der Waals surface area contributed by atoms with Gasteiger partial charge in [0.05, 0.1) is 5.60 Å². The molecule has 3 N–H and O–H groups in total. The zero-order chi connectivity index (χ0) is 28.8. The third-order valence-corrected chi connectivity index (χ3v) is 8.99. The van der Waals surface area contributed by atoms with Crippen molar-refractivity contribution < 1.29 is 31.8 Å². The van der Waals surface area contributed by atoms with E-state index in [2.05, 4.69) is 0 Å². The molecule has 0 spiro atoms. The summed E-state index contributed by atoms with van der Waals surface area (Å²) in [5.41, 5.74) is 0.874. The maximum absolute atomic E-state index is 14.7. The van der Waals surface area contributed by atoms with Crippen molar-refractivity contribution in [3.63, 3.8) is 0 Å². The summed E-state index contributed by atoms with van der Waals surface area (Å²) in [5.74, 6) is -2.16. The van der Waals surface area contributed by atoms with Gasteiger partial charge in [-0.2, -0.15) is 4.73 Å². The minimum absolute atomic E-state index is 0.0921. The Hall–Kier alpha value is -3.08. The predicted molar refractivity (Wildman–Crippen MR) is 146 cm³/mol. The summed E-state index contributed by atoms with van der Waals surface area (Å²) in [7, 11) is -4.43. The second-order valence-corrected chi connectivity index (χ2v) is 12.8. The summed E-state index contributed by atoms with van der Waals surface area (Å²) < 4.78 is 61.8. The van der Waals surface area contributed by atoms with Gasteiger partial charge in [-0.25, -0.2) is 22.3 Å². The zero-order valence-electron chi connectivity index (χ0n) is 22.7. The number of pyridine rings is 1. The lowest BCUT2D eigenvalue weighted by Crippen LogP contribution is -2.44. The summed E-state index contributed by atoms with van der Waals surface area (Å²) in [6, 6.07) is 7.63. The maximum atomic E-state index is 14.7. The first-order valence-electron chi connectivity index (χ1n) is 13.7. The molecule has 0 amide bonds. The van der Waals surface area contributed by atoms with Crippen molar-refractivity contribution in [2.75, 3.05) is 0 Å². The minimum atomic E-state index is -4.43. The summed E-state index contributed by atoms with van der Waals surface area (Å²) in [6.45, 7) is 3.18. The molecule has 1 fully saturated rings. The molecule has 214 valence electrons. The Morgan fingerprint density at radius 1 is 1.00 bits per heavy atom. The SMILES string of the molecule is CC(C)(O)c1ccc(Oc2ccc(F)cc2F)c(-c2c3c([n+]([O-])c(C4CCCCC4)c2S(N)(=O)=O)CCCC3)c1. The zero-order valence-corrected chi connectivity index (χ0v) is 23.5. The van der Waals surface area contributed by atoms with E-state index in [1.807, 2.05) is 0 Å². The Kier molecular flexibility index (Phi) is 7.62. The summed E-state index contributed by atoms with van der Waals surface area (Å²) >= 11 is 0. The van der Waals surface area contributed by atoms with Gasteiger partial charge < -0.3 is 15.1 Å². The van der Waals surface area contributed by atoms with Gasteiger partial charge in [-0.3, -0.25) is 0 Å². The van der Waals surface area contributed by atoms with Gasteiger partial charge in [0, 0.05) is 35.1 Å². The van der Waals surface area contributed by atoms with Crippen LogP contribution in [0.15, 0.2) is 41.3 Å². The molecule has 5 rings (SSSR count). The van der Waals surface area contributed by atoms with Crippen LogP contribution in [-0.2, 0) is 28.5 Å². The molecule has 1 aromatic heterocycles. The second kappa shape index (κ2) is 10.7. The lowest BCUT2D eigenvalue weighted by Gasteiger charge is -2.29. The smallest absolute Gasteiger partial charge is 0.244 e. The standard InChI is InChI=1S/C30H34F2N2O5S/c1-30(2,35)19-12-14-25(39-26-15-13-20(31)17-23(26)32)22(16-19)27-21-10-6-7-11-24(21)34(36)28(29(27)40(33,37)38)18-8-4-3-5-9-18/h12-18,35H,3-11H2,1-2H3,(H2,33,37,38). The summed E-state index contributed by atoms with van der Waals surface area (Å²) in [4.78, 5) is -0.243. The van der Waals surface area contributed by atoms with Gasteiger partial charge in [0.2, 0.25) is 15.7 Å². The number of halogens is 2. The van der Waals surface area contributed by atoms with Crippen LogP contribution in [-0.4, -0.2) is 13.5 Å². The van der Waals surface area contributed by atoms with Crippen LogP contribution in [0.4, 0.5) is 8.78 Å². The molecule has 2 aliphatic rings. The molecule has 1 heterocycles. The highest BCUT2D eigenvalue weighted by atomic mass is 32.2. The Labute approximate surface area is 233 Å². The molecule has 0 atom stereocenters. The van der Waals surface area contributed by atoms with E-state index in [0.29, 0.717) is 48.6 Å². The first kappa shape index (κ1) is 28.4. The van der Waals surface area contributed by atoms with Crippen LogP contribution in [0.25, 0.3) is 11.1 Å². The Balaban J connectivity index is 1.87. The van der Waals surface area contributed by atoms with E-state index in [0.717, 1.165) is 49.0 Å². The number of aliphatic hydroxyl groups is 1. The average Bonchev–Trinajstić information content (AvgIpc) is 2.90. The topological polar surface area (TPSA) is 117 Å². The molecular formula is C30H34F2N2O5S. The lowest BCUT2D eigenvalue weighted by molar-refractivity contribution is -0.627. The third kappa shape index (κ3) is 5.44. The van der Waals surface area contributed by atoms with Gasteiger partial charge in [0.1, 0.15) is 11.6 Å². The van der Waals surface area contributed by atoms with E-state index in [9.17, 15) is 27.5 Å². The fourth-order valence-corrected chi connectivity index (χ4v) is 7.12. The van der Waals surface area contributed by atoms with Crippen LogP contribution < -0.4 is 14.6 Å². The van der Waals surface area contributed by atoms with Gasteiger partial charge in [-0.15, -0.1) is 0 Å². The van der Waals surface area contributed by atoms with E-state index in [4.69, 9.17) is 9.88 Å². The Bertz CT molecular complexity index is 1560. The highest BCUT2D eigenvalue weighted by Gasteiger charge is 2.40. The van der Waals surface area contributed by atoms with Crippen LogP contribution in [0.3, 0.4) is 0 Å². The van der Waals surface area contributed by atoms with E-state index in [1.165, 1.54) is 6.07 Å². The number of sulfonamides is 1. The number of benzene rings is 2. The molecule has 0 aliphatic heterocycles. The van der Waals surface area contributed by atoms with E-state index < -0.39 is 27.3 Å². The van der Waals surface area contributed by atoms with E-state index >= 15 is 0 Å². The molecule has 0 unspecified atom stereocenters. The predicted octanol–water partition coefficient (Wildman–Crippen LogP) is 5.86. The molecule has 2 aliphatic carbocycles. The highest BCUT2D eigenvalue weighted by molar-refractivity contribution is 7.89. The number of nitrogens with two attached hydrogens (primary N) is 1. The van der Waals surface area contributed by atoms with Gasteiger partial charge in [-0.1, -0.05) is 25.3 Å². The minimum Gasteiger partial charge on any atom is -0.618 e. The first-order valence-corrected chi connectivity index (χ1v) is 15.2. The number of rotatable bonds is 6. The molecule has 1 saturated carbocycles. The second-order valence-electron chi connectivity index (χ2n) is 11.3. The molecule has 7 nitrogen and oxygen atoms in total. The lowest BCUT2D eigenvalue weighted by atomic mass is 9.82. The quantitative estimate of drug-likeness (QED) is 0.284. The van der Waals surface area contributed by atoms with Crippen molar-refractivity contribution in [1.82, 2.24) is 0 Å². The molecule has 3 aromatic rings. The molecule has 10 heteroatoms. The van der Waals surface area contributed by atoms with Crippen LogP contribution in [0.2, 0.25) is 0 Å². The van der Waals surface area contributed by atoms with Crippen molar-refractivity contribution in [1.29, 1.82) is 0 Å². The van der Waals surface area contributed by atoms with Crippen LogP contribution >= 0.6 is 0 Å². The van der Waals surface area contributed by atoms with E-state index in [-0.39, 0.29) is 39.1 Å². The van der Waals surface area contributed by atoms with Gasteiger partial charge >= 0.3 is 0 Å². The van der Waals surface area contributed by atoms with Crippen LogP contribution in [0.1, 0.15) is 87.2 Å². The third-order valence-electron chi connectivity index (χ3n) is 8.01. The van der Waals surface area contributed by atoms with Crippen LogP contribution in [0.5, 0.6) is 11.5 Å². The molecule has 2 aromatic carbocycles. The number of hydrogen-bond acceptors (Lipinski definition) is 5.